The molecule has 0 bridgehead atoms. The summed E-state index contributed by atoms with van der Waals surface area (Å²) in [7, 11) is 1.64. The Bertz CT molecular complexity index is 626. The van der Waals surface area contributed by atoms with Crippen molar-refractivity contribution in [1.82, 2.24) is 10.3 Å². The molecule has 3 rings (SSSR count). The summed E-state index contributed by atoms with van der Waals surface area (Å²) >= 11 is 1.47. The van der Waals surface area contributed by atoms with E-state index >= 15 is 0 Å². The van der Waals surface area contributed by atoms with Gasteiger partial charge >= 0.3 is 0 Å². The molecule has 2 heterocycles. The zero-order valence-corrected chi connectivity index (χ0v) is 13.4. The first-order valence-corrected chi connectivity index (χ1v) is 7.57. The van der Waals surface area contributed by atoms with Crippen LogP contribution in [0.25, 0.3) is 10.2 Å². The third-order valence-electron chi connectivity index (χ3n) is 3.45. The number of benzene rings is 1. The molecule has 1 fully saturated rings. The Morgan fingerprint density at radius 2 is 2.33 bits per heavy atom. The van der Waals surface area contributed by atoms with Gasteiger partial charge in [-0.1, -0.05) is 17.8 Å². The molecule has 0 spiro atoms. The number of aromatic nitrogens is 1. The molecule has 0 aliphatic carbocycles. The number of nitrogens with zero attached hydrogens (tertiary/aromatic N) is 1. The first-order valence-electron chi connectivity index (χ1n) is 6.75. The van der Waals surface area contributed by atoms with E-state index in [9.17, 15) is 4.79 Å². The van der Waals surface area contributed by atoms with E-state index in [1.54, 1.807) is 7.11 Å². The molecule has 1 saturated heterocycles. The second-order valence-electron chi connectivity index (χ2n) is 4.84. The molecule has 0 saturated carbocycles. The lowest BCUT2D eigenvalue weighted by molar-refractivity contribution is -0.118. The van der Waals surface area contributed by atoms with Crippen LogP contribution in [0.3, 0.4) is 0 Å². The van der Waals surface area contributed by atoms with Crippen LogP contribution in [0.2, 0.25) is 0 Å². The quantitative estimate of drug-likeness (QED) is 0.910. The molecule has 1 amide bonds. The molecule has 0 radical (unpaired) electrons. The van der Waals surface area contributed by atoms with Crippen LogP contribution in [0, 0.1) is 0 Å². The third kappa shape index (κ3) is 3.64. The number of ether oxygens (including phenoxy) is 1. The number of methoxy groups -OCH3 is 1. The Hall–Kier alpha value is -1.37. The molecular weight excluding hydrogens is 310 g/mol. The molecular formula is C14H18ClN3O2S. The summed E-state index contributed by atoms with van der Waals surface area (Å²) in [6.45, 7) is 0.912. The molecule has 7 heteroatoms. The van der Waals surface area contributed by atoms with Crippen LogP contribution in [0.5, 0.6) is 5.75 Å². The summed E-state index contributed by atoms with van der Waals surface area (Å²) in [4.78, 5) is 16.6. The summed E-state index contributed by atoms with van der Waals surface area (Å²) in [5, 5.41) is 6.78. The number of carbonyl (C=O) groups is 1. The number of anilines is 1. The normalized spacial score (nSPS) is 18.0. The van der Waals surface area contributed by atoms with E-state index in [4.69, 9.17) is 4.74 Å². The summed E-state index contributed by atoms with van der Waals surface area (Å²) in [5.41, 5.74) is 0.878. The van der Waals surface area contributed by atoms with Crippen LogP contribution < -0.4 is 15.4 Å². The van der Waals surface area contributed by atoms with Crippen LogP contribution in [-0.4, -0.2) is 30.6 Å². The Balaban J connectivity index is 0.00000161. The van der Waals surface area contributed by atoms with Crippen LogP contribution in [0.1, 0.15) is 19.3 Å². The minimum Gasteiger partial charge on any atom is -0.497 e. The van der Waals surface area contributed by atoms with Gasteiger partial charge in [0.2, 0.25) is 5.91 Å². The average Bonchev–Trinajstić information content (AvgIpc) is 2.89. The zero-order valence-electron chi connectivity index (χ0n) is 11.7. The molecule has 2 N–H and O–H groups in total. The second-order valence-corrected chi connectivity index (χ2v) is 5.88. The number of hydrogen-bond donors (Lipinski definition) is 2. The molecule has 5 nitrogen and oxygen atoms in total. The maximum absolute atomic E-state index is 12.1. The largest absolute Gasteiger partial charge is 0.497 e. The van der Waals surface area contributed by atoms with E-state index in [2.05, 4.69) is 15.6 Å². The predicted octanol–water partition coefficient (Wildman–Crippen LogP) is 2.81. The van der Waals surface area contributed by atoms with Crippen LogP contribution in [0.4, 0.5) is 5.13 Å². The number of rotatable bonds is 3. The summed E-state index contributed by atoms with van der Waals surface area (Å²) in [6.07, 6.45) is 3.14. The molecule has 0 unspecified atom stereocenters. The van der Waals surface area contributed by atoms with E-state index in [0.29, 0.717) is 5.13 Å². The highest BCUT2D eigenvalue weighted by Crippen LogP contribution is 2.29. The number of thiazole rings is 1. The molecule has 1 aromatic carbocycles. The lowest BCUT2D eigenvalue weighted by Crippen LogP contribution is -2.43. The highest BCUT2D eigenvalue weighted by molar-refractivity contribution is 7.22. The van der Waals surface area contributed by atoms with Crippen LogP contribution >= 0.6 is 23.7 Å². The Morgan fingerprint density at radius 1 is 1.48 bits per heavy atom. The van der Waals surface area contributed by atoms with Gasteiger partial charge in [0.25, 0.3) is 0 Å². The molecule has 21 heavy (non-hydrogen) atoms. The maximum Gasteiger partial charge on any atom is 0.243 e. The molecule has 2 aromatic rings. The number of hydrogen-bond acceptors (Lipinski definition) is 5. The van der Waals surface area contributed by atoms with Gasteiger partial charge in [-0.05, 0) is 37.6 Å². The lowest BCUT2D eigenvalue weighted by Gasteiger charge is -2.21. The summed E-state index contributed by atoms with van der Waals surface area (Å²) in [5.74, 6) is 0.809. The van der Waals surface area contributed by atoms with Crippen molar-refractivity contribution in [3.05, 3.63) is 18.2 Å². The van der Waals surface area contributed by atoms with E-state index in [1.807, 2.05) is 18.2 Å². The topological polar surface area (TPSA) is 63.2 Å². The maximum atomic E-state index is 12.1. The number of nitrogens with one attached hydrogen (secondary N) is 2. The van der Waals surface area contributed by atoms with Gasteiger partial charge in [0.05, 0.1) is 23.4 Å². The van der Waals surface area contributed by atoms with Crippen molar-refractivity contribution < 1.29 is 9.53 Å². The number of carbonyl (C=O) groups excluding carboxylic acids is 1. The predicted molar refractivity (Wildman–Crippen MR) is 87.7 cm³/mol. The number of piperidine rings is 1. The third-order valence-corrected chi connectivity index (χ3v) is 4.39. The van der Waals surface area contributed by atoms with Gasteiger partial charge in [-0.2, -0.15) is 0 Å². The fourth-order valence-electron chi connectivity index (χ4n) is 2.35. The minimum absolute atomic E-state index is 0. The van der Waals surface area contributed by atoms with Crippen LogP contribution in [0.15, 0.2) is 18.2 Å². The van der Waals surface area contributed by atoms with Gasteiger partial charge in [-0.3, -0.25) is 4.79 Å². The minimum atomic E-state index is -0.0923. The second kappa shape index (κ2) is 7.06. The first-order chi connectivity index (χ1) is 9.76. The Kier molecular flexibility index (Phi) is 5.39. The van der Waals surface area contributed by atoms with Crippen molar-refractivity contribution in [1.29, 1.82) is 0 Å². The van der Waals surface area contributed by atoms with E-state index in [-0.39, 0.29) is 24.4 Å². The molecule has 114 valence electrons. The van der Waals surface area contributed by atoms with Gasteiger partial charge < -0.3 is 15.4 Å². The van der Waals surface area contributed by atoms with Crippen LogP contribution in [-0.2, 0) is 4.79 Å². The zero-order chi connectivity index (χ0) is 13.9. The smallest absolute Gasteiger partial charge is 0.243 e. The summed E-state index contributed by atoms with van der Waals surface area (Å²) < 4.78 is 6.20. The molecule has 1 aromatic heterocycles. The number of amides is 1. The summed E-state index contributed by atoms with van der Waals surface area (Å²) in [6, 6.07) is 5.61. The fraction of sp³-hybridized carbons (Fsp3) is 0.429. The SMILES string of the molecule is COc1ccc2nc(NC(=O)[C@H]3CCCCN3)sc2c1.Cl. The fourth-order valence-corrected chi connectivity index (χ4v) is 3.25. The first kappa shape index (κ1) is 16.0. The van der Waals surface area contributed by atoms with Crippen molar-refractivity contribution in [3.63, 3.8) is 0 Å². The van der Waals surface area contributed by atoms with Gasteiger partial charge in [-0.25, -0.2) is 4.98 Å². The highest BCUT2D eigenvalue weighted by atomic mass is 35.5. The Labute approximate surface area is 133 Å². The standard InChI is InChI=1S/C14H17N3O2S.ClH/c1-19-9-5-6-10-12(8-9)20-14(16-10)17-13(18)11-4-2-3-7-15-11;/h5-6,8,11,15H,2-4,7H2,1H3,(H,16,17,18);1H/t11-;/m1./s1. The van der Waals surface area contributed by atoms with E-state index < -0.39 is 0 Å². The number of halogens is 1. The van der Waals surface area contributed by atoms with Gasteiger partial charge in [0, 0.05) is 0 Å². The molecule has 1 aliphatic heterocycles. The van der Waals surface area contributed by atoms with E-state index in [1.165, 1.54) is 11.3 Å². The van der Waals surface area contributed by atoms with Gasteiger partial charge in [0.15, 0.2) is 5.13 Å². The van der Waals surface area contributed by atoms with Crippen molar-refractivity contribution in [3.8, 4) is 5.75 Å². The Morgan fingerprint density at radius 3 is 3.05 bits per heavy atom. The van der Waals surface area contributed by atoms with Crippen molar-refractivity contribution >= 4 is 45.0 Å². The van der Waals surface area contributed by atoms with Crippen molar-refractivity contribution in [2.45, 2.75) is 25.3 Å². The van der Waals surface area contributed by atoms with Crippen molar-refractivity contribution in [2.75, 3.05) is 19.0 Å². The monoisotopic (exact) mass is 327 g/mol. The van der Waals surface area contributed by atoms with Gasteiger partial charge in [-0.15, -0.1) is 12.4 Å². The highest BCUT2D eigenvalue weighted by Gasteiger charge is 2.21. The molecule has 1 aliphatic rings. The van der Waals surface area contributed by atoms with Crippen molar-refractivity contribution in [2.24, 2.45) is 0 Å². The lowest BCUT2D eigenvalue weighted by atomic mass is 10.0. The average molecular weight is 328 g/mol. The van der Waals surface area contributed by atoms with Gasteiger partial charge in [0.1, 0.15) is 5.75 Å². The molecule has 1 atom stereocenters. The number of fused-ring (bicyclic) bond motifs is 1. The van der Waals surface area contributed by atoms with E-state index in [0.717, 1.165) is 41.8 Å².